The first kappa shape index (κ1) is 17.6. The molecule has 22 heavy (non-hydrogen) atoms. The van der Waals surface area contributed by atoms with Gasteiger partial charge in [-0.25, -0.2) is 22.7 Å². The van der Waals surface area contributed by atoms with Gasteiger partial charge in [0.05, 0.1) is 10.5 Å². The molecule has 4 N–H and O–H groups in total. The van der Waals surface area contributed by atoms with Crippen LogP contribution in [-0.4, -0.2) is 39.5 Å². The van der Waals surface area contributed by atoms with E-state index in [4.69, 9.17) is 10.5 Å². The minimum Gasteiger partial charge on any atom is -0.449 e. The average molecular weight is 329 g/mol. The van der Waals surface area contributed by atoms with Crippen LogP contribution in [0.25, 0.3) is 0 Å². The highest BCUT2D eigenvalue weighted by atomic mass is 32.2. The number of urea groups is 1. The number of nitrogens with two attached hydrogens (primary N) is 1. The monoisotopic (exact) mass is 329 g/mol. The lowest BCUT2D eigenvalue weighted by Crippen LogP contribution is -2.42. The Labute approximate surface area is 126 Å². The molecule has 0 aliphatic heterocycles. The van der Waals surface area contributed by atoms with Gasteiger partial charge in [-0.15, -0.1) is 0 Å². The summed E-state index contributed by atoms with van der Waals surface area (Å²) >= 11 is 0. The molecule has 0 bridgehead atoms. The van der Waals surface area contributed by atoms with Crippen LogP contribution < -0.4 is 15.8 Å². The largest absolute Gasteiger partial charge is 0.449 e. The molecule has 1 rings (SSSR count). The maximum atomic E-state index is 11.9. The molecule has 0 saturated heterocycles. The number of carbonyl (C=O) groups is 3. The second-order valence-electron chi connectivity index (χ2n) is 4.14. The number of amides is 3. The van der Waals surface area contributed by atoms with Crippen molar-refractivity contribution in [1.29, 1.82) is 0 Å². The lowest BCUT2D eigenvalue weighted by molar-refractivity contribution is -0.127. The number of carbonyl (C=O) groups excluding carboxylic acids is 3. The topological polar surface area (TPSA) is 145 Å². The van der Waals surface area contributed by atoms with E-state index in [2.05, 4.69) is 4.72 Å². The molecule has 1 aromatic rings. The number of ether oxygens (including phenoxy) is 1. The van der Waals surface area contributed by atoms with Crippen LogP contribution in [0.15, 0.2) is 29.2 Å². The van der Waals surface area contributed by atoms with Crippen molar-refractivity contribution in [2.75, 3.05) is 7.05 Å². The molecular weight excluding hydrogens is 314 g/mol. The molecule has 1 atom stereocenters. The van der Waals surface area contributed by atoms with Gasteiger partial charge >= 0.3 is 12.0 Å². The minimum atomic E-state index is -3.71. The maximum Gasteiger partial charge on any atom is 0.338 e. The molecule has 3 amide bonds. The highest BCUT2D eigenvalue weighted by molar-refractivity contribution is 7.89. The summed E-state index contributed by atoms with van der Waals surface area (Å²) in [6, 6.07) is 4.01. The average Bonchev–Trinajstić information content (AvgIpc) is 2.46. The van der Waals surface area contributed by atoms with Crippen LogP contribution in [0.5, 0.6) is 0 Å². The second kappa shape index (κ2) is 7.00. The molecule has 0 heterocycles. The van der Waals surface area contributed by atoms with E-state index in [1.54, 1.807) is 5.32 Å². The van der Waals surface area contributed by atoms with Crippen molar-refractivity contribution in [3.8, 4) is 0 Å². The van der Waals surface area contributed by atoms with Gasteiger partial charge in [-0.1, -0.05) is 6.07 Å². The third kappa shape index (κ3) is 4.53. The standard InChI is InChI=1S/C12H15N3O6S/c1-7(10(16)15-12(13)18)21-11(17)8-4-3-5-9(6-8)22(19,20)14-2/h3-7,14H,1-2H3,(H3,13,15,16,18)/t7-/m0/s1. The van der Waals surface area contributed by atoms with Crippen molar-refractivity contribution in [3.05, 3.63) is 29.8 Å². The van der Waals surface area contributed by atoms with Crippen LogP contribution in [0.1, 0.15) is 17.3 Å². The van der Waals surface area contributed by atoms with Gasteiger partial charge in [-0.3, -0.25) is 10.1 Å². The molecule has 0 aromatic heterocycles. The molecule has 0 spiro atoms. The van der Waals surface area contributed by atoms with Gasteiger partial charge in [0.15, 0.2) is 6.10 Å². The van der Waals surface area contributed by atoms with Gasteiger partial charge in [-0.2, -0.15) is 0 Å². The van der Waals surface area contributed by atoms with Gasteiger partial charge in [0.2, 0.25) is 10.0 Å². The van der Waals surface area contributed by atoms with Gasteiger partial charge in [0.1, 0.15) is 0 Å². The van der Waals surface area contributed by atoms with E-state index in [1.807, 2.05) is 0 Å². The molecule has 0 fully saturated rings. The Bertz CT molecular complexity index is 701. The van der Waals surface area contributed by atoms with Crippen LogP contribution in [-0.2, 0) is 19.6 Å². The molecule has 0 aliphatic carbocycles. The van der Waals surface area contributed by atoms with Gasteiger partial charge in [-0.05, 0) is 32.2 Å². The first-order valence-corrected chi connectivity index (χ1v) is 7.50. The predicted molar refractivity (Wildman–Crippen MR) is 75.3 cm³/mol. The fourth-order valence-electron chi connectivity index (χ4n) is 1.41. The van der Waals surface area contributed by atoms with Gasteiger partial charge < -0.3 is 10.5 Å². The smallest absolute Gasteiger partial charge is 0.338 e. The number of benzene rings is 1. The Balaban J connectivity index is 2.89. The van der Waals surface area contributed by atoms with Crippen molar-refractivity contribution in [2.45, 2.75) is 17.9 Å². The van der Waals surface area contributed by atoms with Crippen molar-refractivity contribution < 1.29 is 27.5 Å². The van der Waals surface area contributed by atoms with E-state index in [1.165, 1.54) is 32.2 Å². The molecule has 120 valence electrons. The summed E-state index contributed by atoms with van der Waals surface area (Å²) in [6.07, 6.45) is -1.27. The summed E-state index contributed by atoms with van der Waals surface area (Å²) < 4.78 is 30.2. The van der Waals surface area contributed by atoms with Crippen molar-refractivity contribution in [3.63, 3.8) is 0 Å². The molecule has 1 aromatic carbocycles. The number of primary amides is 1. The van der Waals surface area contributed by atoms with Gasteiger partial charge in [0, 0.05) is 0 Å². The summed E-state index contributed by atoms with van der Waals surface area (Å²) in [4.78, 5) is 33.7. The molecular formula is C12H15N3O6S. The zero-order valence-corrected chi connectivity index (χ0v) is 12.6. The number of rotatable bonds is 5. The van der Waals surface area contributed by atoms with Crippen LogP contribution >= 0.6 is 0 Å². The molecule has 0 aliphatic rings. The Morgan fingerprint density at radius 3 is 2.45 bits per heavy atom. The molecule has 0 saturated carbocycles. The van der Waals surface area contributed by atoms with Crippen LogP contribution in [0.3, 0.4) is 0 Å². The van der Waals surface area contributed by atoms with E-state index >= 15 is 0 Å². The zero-order chi connectivity index (χ0) is 16.9. The third-order valence-corrected chi connectivity index (χ3v) is 3.96. The minimum absolute atomic E-state index is 0.0601. The van der Waals surface area contributed by atoms with E-state index < -0.39 is 34.0 Å². The van der Waals surface area contributed by atoms with Crippen molar-refractivity contribution >= 4 is 27.9 Å². The lowest BCUT2D eigenvalue weighted by atomic mass is 10.2. The van der Waals surface area contributed by atoms with E-state index in [0.29, 0.717) is 0 Å². The Kier molecular flexibility index (Phi) is 5.60. The quantitative estimate of drug-likeness (QED) is 0.611. The summed E-state index contributed by atoms with van der Waals surface area (Å²) in [7, 11) is -2.48. The van der Waals surface area contributed by atoms with E-state index in [-0.39, 0.29) is 10.5 Å². The summed E-state index contributed by atoms with van der Waals surface area (Å²) in [5.74, 6) is -1.81. The number of hydrogen-bond acceptors (Lipinski definition) is 6. The van der Waals surface area contributed by atoms with Crippen molar-refractivity contribution in [2.24, 2.45) is 5.73 Å². The SMILES string of the molecule is CNS(=O)(=O)c1cccc(C(=O)O[C@@H](C)C(=O)NC(N)=O)c1. The zero-order valence-electron chi connectivity index (χ0n) is 11.8. The highest BCUT2D eigenvalue weighted by Crippen LogP contribution is 2.12. The van der Waals surface area contributed by atoms with Crippen LogP contribution in [0.2, 0.25) is 0 Å². The van der Waals surface area contributed by atoms with Crippen LogP contribution in [0.4, 0.5) is 4.79 Å². The number of nitrogens with one attached hydrogen (secondary N) is 2. The molecule has 0 radical (unpaired) electrons. The summed E-state index contributed by atoms with van der Waals surface area (Å²) in [6.45, 7) is 1.24. The van der Waals surface area contributed by atoms with Crippen molar-refractivity contribution in [1.82, 2.24) is 10.0 Å². The Morgan fingerprint density at radius 2 is 1.91 bits per heavy atom. The van der Waals surface area contributed by atoms with E-state index in [9.17, 15) is 22.8 Å². The predicted octanol–water partition coefficient (Wildman–Crippen LogP) is -0.665. The number of imide groups is 1. The third-order valence-electron chi connectivity index (χ3n) is 2.55. The Hall–Kier alpha value is -2.46. The van der Waals surface area contributed by atoms with Crippen LogP contribution in [0, 0.1) is 0 Å². The molecule has 10 heteroatoms. The lowest BCUT2D eigenvalue weighted by Gasteiger charge is -2.12. The second-order valence-corrected chi connectivity index (χ2v) is 6.02. The van der Waals surface area contributed by atoms with E-state index in [0.717, 1.165) is 6.07 Å². The normalized spacial score (nSPS) is 12.3. The fourth-order valence-corrected chi connectivity index (χ4v) is 2.19. The first-order valence-electron chi connectivity index (χ1n) is 6.02. The van der Waals surface area contributed by atoms with Gasteiger partial charge in [0.25, 0.3) is 5.91 Å². The Morgan fingerprint density at radius 1 is 1.27 bits per heavy atom. The first-order chi connectivity index (χ1) is 10.2. The maximum absolute atomic E-state index is 11.9. The summed E-state index contributed by atoms with van der Waals surface area (Å²) in [5.41, 5.74) is 4.71. The molecule has 9 nitrogen and oxygen atoms in total. The molecule has 0 unspecified atom stereocenters. The highest BCUT2D eigenvalue weighted by Gasteiger charge is 2.21. The number of esters is 1. The summed E-state index contributed by atoms with van der Waals surface area (Å²) in [5, 5.41) is 1.76. The number of hydrogen-bond donors (Lipinski definition) is 3. The fraction of sp³-hybridized carbons (Fsp3) is 0.250. The number of sulfonamides is 1.